The van der Waals surface area contributed by atoms with Crippen LogP contribution < -0.4 is 19.9 Å². The highest BCUT2D eigenvalue weighted by Crippen LogP contribution is 2.23. The third kappa shape index (κ3) is 6.22. The second kappa shape index (κ2) is 10.7. The Morgan fingerprint density at radius 2 is 1.74 bits per heavy atom. The number of likely N-dealkylation sites (tertiary alicyclic amines) is 1. The molecule has 2 aromatic carbocycles. The molecule has 8 nitrogen and oxygen atoms in total. The van der Waals surface area contributed by atoms with Crippen LogP contribution in [0.1, 0.15) is 28.8 Å². The summed E-state index contributed by atoms with van der Waals surface area (Å²) >= 11 is 0. The average Bonchev–Trinajstić information content (AvgIpc) is 2.84. The maximum Gasteiger partial charge on any atom is 0.415 e. The minimum atomic E-state index is -0.644. The van der Waals surface area contributed by atoms with E-state index < -0.39 is 12.0 Å². The smallest absolute Gasteiger partial charge is 0.415 e. The number of hydrogen-bond donors (Lipinski definition) is 1. The Kier molecular flexibility index (Phi) is 7.22. The van der Waals surface area contributed by atoms with E-state index in [9.17, 15) is 14.0 Å². The van der Waals surface area contributed by atoms with Crippen LogP contribution in [0.3, 0.4) is 0 Å². The topological polar surface area (TPSA) is 104 Å². The molecule has 1 saturated heterocycles. The number of amides is 2. The molecule has 9 heteroatoms. The minimum Gasteiger partial charge on any atom is -0.490 e. The molecular formula is C25H24FN3O5. The maximum atomic E-state index is 13.3. The van der Waals surface area contributed by atoms with Crippen LogP contribution >= 0.6 is 0 Å². The first-order valence-corrected chi connectivity index (χ1v) is 10.8. The van der Waals surface area contributed by atoms with Gasteiger partial charge in [0.15, 0.2) is 5.75 Å². The summed E-state index contributed by atoms with van der Waals surface area (Å²) in [5.74, 6) is 0.588. The number of nitrogens with two attached hydrogens (primary N) is 1. The fraction of sp³-hybridized carbons (Fsp3) is 0.240. The average molecular weight is 465 g/mol. The summed E-state index contributed by atoms with van der Waals surface area (Å²) in [5, 5.41) is 0. The van der Waals surface area contributed by atoms with Crippen LogP contribution in [0.5, 0.6) is 17.2 Å². The summed E-state index contributed by atoms with van der Waals surface area (Å²) in [7, 11) is 0. The monoisotopic (exact) mass is 465 g/mol. The normalized spacial score (nSPS) is 13.9. The van der Waals surface area contributed by atoms with E-state index in [0.717, 1.165) is 5.56 Å². The van der Waals surface area contributed by atoms with Crippen LogP contribution in [0.25, 0.3) is 0 Å². The van der Waals surface area contributed by atoms with Crippen molar-refractivity contribution in [3.63, 3.8) is 0 Å². The molecule has 2 N–H and O–H groups in total. The molecule has 0 saturated carbocycles. The molecule has 0 unspecified atom stereocenters. The van der Waals surface area contributed by atoms with Gasteiger partial charge in [-0.1, -0.05) is 12.1 Å². The van der Waals surface area contributed by atoms with Gasteiger partial charge in [-0.25, -0.2) is 9.18 Å². The summed E-state index contributed by atoms with van der Waals surface area (Å²) in [6.07, 6.45) is 3.40. The van der Waals surface area contributed by atoms with Gasteiger partial charge in [-0.2, -0.15) is 0 Å². The number of halogens is 1. The SMILES string of the molecule is NC(=O)c1cncc(OC(=O)N2CCC(Oc3ccc(OCc4cccc(F)c4)cc3)CC2)c1. The predicted octanol–water partition coefficient (Wildman–Crippen LogP) is 3.94. The molecule has 0 spiro atoms. The Bertz CT molecular complexity index is 1150. The molecule has 1 aliphatic heterocycles. The Hall–Kier alpha value is -4.14. The van der Waals surface area contributed by atoms with Crippen molar-refractivity contribution < 1.29 is 28.2 Å². The van der Waals surface area contributed by atoms with E-state index in [-0.39, 0.29) is 29.8 Å². The lowest BCUT2D eigenvalue weighted by atomic mass is 10.1. The van der Waals surface area contributed by atoms with E-state index in [4.69, 9.17) is 19.9 Å². The first-order valence-electron chi connectivity index (χ1n) is 10.8. The van der Waals surface area contributed by atoms with Crippen molar-refractivity contribution in [3.8, 4) is 17.2 Å². The van der Waals surface area contributed by atoms with Gasteiger partial charge in [0.1, 0.15) is 30.0 Å². The molecule has 2 amide bonds. The first-order chi connectivity index (χ1) is 16.5. The molecule has 1 fully saturated rings. The molecule has 34 heavy (non-hydrogen) atoms. The van der Waals surface area contributed by atoms with Crippen molar-refractivity contribution in [1.82, 2.24) is 9.88 Å². The van der Waals surface area contributed by atoms with Gasteiger partial charge in [0, 0.05) is 32.1 Å². The second-order valence-electron chi connectivity index (χ2n) is 7.84. The fourth-order valence-electron chi connectivity index (χ4n) is 3.53. The standard InChI is InChI=1S/C25H24FN3O5/c26-19-3-1-2-17(12-19)16-32-20-4-6-21(7-5-20)33-22-8-10-29(11-9-22)25(31)34-23-13-18(24(27)30)14-28-15-23/h1-7,12-15,22H,8-11,16H2,(H2,27,30). The highest BCUT2D eigenvalue weighted by atomic mass is 19.1. The maximum absolute atomic E-state index is 13.3. The number of benzene rings is 2. The van der Waals surface area contributed by atoms with Gasteiger partial charge in [-0.05, 0) is 48.0 Å². The molecule has 1 aromatic heterocycles. The molecule has 0 aliphatic carbocycles. The number of carbonyl (C=O) groups is 2. The van der Waals surface area contributed by atoms with Crippen LogP contribution in [0.15, 0.2) is 67.0 Å². The number of aromatic nitrogens is 1. The molecule has 1 aliphatic rings. The Morgan fingerprint density at radius 3 is 2.44 bits per heavy atom. The van der Waals surface area contributed by atoms with E-state index >= 15 is 0 Å². The van der Waals surface area contributed by atoms with Crippen molar-refractivity contribution in [3.05, 3.63) is 83.9 Å². The number of ether oxygens (including phenoxy) is 3. The van der Waals surface area contributed by atoms with Gasteiger partial charge in [0.25, 0.3) is 0 Å². The van der Waals surface area contributed by atoms with E-state index in [1.165, 1.54) is 30.6 Å². The number of rotatable bonds is 7. The summed E-state index contributed by atoms with van der Waals surface area (Å²) < 4.78 is 30.3. The van der Waals surface area contributed by atoms with Gasteiger partial charge in [0.2, 0.25) is 5.91 Å². The van der Waals surface area contributed by atoms with E-state index in [2.05, 4.69) is 4.98 Å². The van der Waals surface area contributed by atoms with E-state index in [0.29, 0.717) is 37.4 Å². The van der Waals surface area contributed by atoms with Crippen molar-refractivity contribution >= 4 is 12.0 Å². The quantitative estimate of drug-likeness (QED) is 0.567. The van der Waals surface area contributed by atoms with E-state index in [1.807, 2.05) is 12.1 Å². The number of pyridine rings is 1. The number of nitrogens with zero attached hydrogens (tertiary/aromatic N) is 2. The van der Waals surface area contributed by atoms with E-state index in [1.54, 1.807) is 29.2 Å². The van der Waals surface area contributed by atoms with Gasteiger partial charge in [-0.3, -0.25) is 9.78 Å². The minimum absolute atomic E-state index is 0.0389. The van der Waals surface area contributed by atoms with Gasteiger partial charge >= 0.3 is 6.09 Å². The lowest BCUT2D eigenvalue weighted by Gasteiger charge is -2.31. The first kappa shape index (κ1) is 23.0. The lowest BCUT2D eigenvalue weighted by molar-refractivity contribution is 0.0925. The highest BCUT2D eigenvalue weighted by molar-refractivity contribution is 5.92. The van der Waals surface area contributed by atoms with Crippen molar-refractivity contribution in [2.45, 2.75) is 25.6 Å². The van der Waals surface area contributed by atoms with Gasteiger partial charge < -0.3 is 24.8 Å². The Labute approximate surface area is 196 Å². The van der Waals surface area contributed by atoms with Crippen LogP contribution in [0, 0.1) is 5.82 Å². The molecular weight excluding hydrogens is 441 g/mol. The summed E-state index contributed by atoms with van der Waals surface area (Å²) in [5.41, 5.74) is 6.15. The van der Waals surface area contributed by atoms with Crippen LogP contribution in [-0.4, -0.2) is 41.1 Å². The second-order valence-corrected chi connectivity index (χ2v) is 7.84. The number of piperidine rings is 1. The van der Waals surface area contributed by atoms with Crippen LogP contribution in [-0.2, 0) is 6.61 Å². The largest absolute Gasteiger partial charge is 0.490 e. The molecule has 0 atom stereocenters. The van der Waals surface area contributed by atoms with Gasteiger partial charge in [0.05, 0.1) is 11.8 Å². The summed E-state index contributed by atoms with van der Waals surface area (Å²) in [6.45, 7) is 1.22. The number of primary amides is 1. The highest BCUT2D eigenvalue weighted by Gasteiger charge is 2.25. The lowest BCUT2D eigenvalue weighted by Crippen LogP contribution is -2.43. The Morgan fingerprint density at radius 1 is 1.00 bits per heavy atom. The fourth-order valence-corrected chi connectivity index (χ4v) is 3.53. The Balaban J connectivity index is 1.22. The van der Waals surface area contributed by atoms with Crippen molar-refractivity contribution in [2.75, 3.05) is 13.1 Å². The van der Waals surface area contributed by atoms with Gasteiger partial charge in [-0.15, -0.1) is 0 Å². The zero-order valence-corrected chi connectivity index (χ0v) is 18.4. The molecule has 3 aromatic rings. The molecule has 176 valence electrons. The predicted molar refractivity (Wildman–Crippen MR) is 121 cm³/mol. The summed E-state index contributed by atoms with van der Waals surface area (Å²) in [4.78, 5) is 29.1. The van der Waals surface area contributed by atoms with Crippen LogP contribution in [0.2, 0.25) is 0 Å². The third-order valence-electron chi connectivity index (χ3n) is 5.32. The van der Waals surface area contributed by atoms with Crippen molar-refractivity contribution in [2.24, 2.45) is 5.73 Å². The van der Waals surface area contributed by atoms with Crippen molar-refractivity contribution in [1.29, 1.82) is 0 Å². The number of carbonyl (C=O) groups excluding carboxylic acids is 2. The number of hydrogen-bond acceptors (Lipinski definition) is 6. The zero-order chi connectivity index (χ0) is 23.9. The zero-order valence-electron chi connectivity index (χ0n) is 18.4. The van der Waals surface area contributed by atoms with Crippen LogP contribution in [0.4, 0.5) is 9.18 Å². The molecule has 2 heterocycles. The molecule has 4 rings (SSSR count). The molecule has 0 bridgehead atoms. The molecule has 0 radical (unpaired) electrons. The third-order valence-corrected chi connectivity index (χ3v) is 5.32. The summed E-state index contributed by atoms with van der Waals surface area (Å²) in [6, 6.07) is 14.9.